The molecule has 5 unspecified atom stereocenters. The van der Waals surface area contributed by atoms with E-state index in [4.69, 9.17) is 24.7 Å². The van der Waals surface area contributed by atoms with Gasteiger partial charge >= 0.3 is 29.9 Å². The Balaban J connectivity index is 0.00000384. The number of hydrogen-bond donors (Lipinski definition) is 0. The molecule has 0 N–H and O–H groups in total. The molecule has 3 aromatic heterocycles. The molecule has 0 aromatic carbocycles. The molecule has 5 heterocycles. The van der Waals surface area contributed by atoms with Crippen molar-refractivity contribution in [2.45, 2.75) is 118 Å². The average Bonchev–Trinajstić information content (AvgIpc) is 3.72. The number of fused-ring (bicyclic) bond motifs is 8. The second kappa shape index (κ2) is 12.3. The molecule has 0 spiro atoms. The number of carbonyl (C=O) groups excluding carboxylic acids is 1. The number of hydrogen-bond acceptors (Lipinski definition) is 4. The molecule has 0 saturated carbocycles. The first-order chi connectivity index (χ1) is 20.6. The van der Waals surface area contributed by atoms with Gasteiger partial charge in [0.05, 0.1) is 18.2 Å². The minimum Gasteiger partial charge on any atom is -0.657 e. The maximum Gasteiger partial charge on any atom is 2.00 e. The zero-order valence-corrected chi connectivity index (χ0v) is 30.7. The second-order valence-electron chi connectivity index (χ2n) is 12.8. The summed E-state index contributed by atoms with van der Waals surface area (Å²) in [4.78, 5) is 34.9. The fourth-order valence-corrected chi connectivity index (χ4v) is 8.63. The Kier molecular flexibility index (Phi) is 9.16. The van der Waals surface area contributed by atoms with Crippen LogP contribution in [0.3, 0.4) is 0 Å². The largest absolute Gasteiger partial charge is 2.00 e. The number of aromatic nitrogens is 4. The van der Waals surface area contributed by atoms with E-state index in [-0.39, 0.29) is 53.5 Å². The summed E-state index contributed by atoms with van der Waals surface area (Å²) in [7, 11) is 0. The van der Waals surface area contributed by atoms with Gasteiger partial charge in [-0.1, -0.05) is 82.0 Å². The van der Waals surface area contributed by atoms with Gasteiger partial charge in [-0.2, -0.15) is 0 Å². The maximum atomic E-state index is 13.7. The van der Waals surface area contributed by atoms with E-state index >= 15 is 0 Å². The molecular formula is C37H46N4O2Sn. The van der Waals surface area contributed by atoms with Crippen LogP contribution in [0.15, 0.2) is 18.2 Å². The molecule has 0 amide bonds. The summed E-state index contributed by atoms with van der Waals surface area (Å²) < 4.78 is 5.73. The topological polar surface area (TPSA) is 80.3 Å². The van der Waals surface area contributed by atoms with Crippen LogP contribution in [0.4, 0.5) is 0 Å². The molecule has 2 aliphatic heterocycles. The van der Waals surface area contributed by atoms with E-state index in [1.807, 2.05) is 6.92 Å². The number of ether oxygens (including phenoxy) is 1. The van der Waals surface area contributed by atoms with Gasteiger partial charge in [-0.15, -0.1) is 22.1 Å². The van der Waals surface area contributed by atoms with E-state index in [1.165, 1.54) is 22.3 Å². The van der Waals surface area contributed by atoms with Crippen molar-refractivity contribution >= 4 is 51.9 Å². The van der Waals surface area contributed by atoms with Crippen LogP contribution in [-0.2, 0) is 34.2 Å². The Labute approximate surface area is 279 Å². The summed E-state index contributed by atoms with van der Waals surface area (Å²) >= 11 is 0. The van der Waals surface area contributed by atoms with Gasteiger partial charge in [0.1, 0.15) is 0 Å². The quantitative estimate of drug-likeness (QED) is 0.197. The van der Waals surface area contributed by atoms with Gasteiger partial charge in [0.15, 0.2) is 0 Å². The van der Waals surface area contributed by atoms with Gasteiger partial charge in [-0.25, -0.2) is 0 Å². The first-order valence-corrected chi connectivity index (χ1v) is 16.5. The molecule has 3 aliphatic rings. The number of carbonyl (C=O) groups is 1. The van der Waals surface area contributed by atoms with Crippen molar-refractivity contribution in [3.05, 3.63) is 68.8 Å². The van der Waals surface area contributed by atoms with Gasteiger partial charge in [0, 0.05) is 40.3 Å². The van der Waals surface area contributed by atoms with Crippen LogP contribution in [-0.4, -0.2) is 46.5 Å². The summed E-state index contributed by atoms with van der Waals surface area (Å²) in [6.07, 6.45) is 4.22. The number of aryl methyl sites for hydroxylation is 4. The monoisotopic (exact) mass is 698 g/mol. The molecule has 7 heteroatoms. The maximum absolute atomic E-state index is 13.7. The minimum atomic E-state index is -0.422. The van der Waals surface area contributed by atoms with Crippen molar-refractivity contribution in [1.82, 2.24) is 19.9 Å². The number of nitrogens with zero attached hydrogens (tertiary/aromatic N) is 4. The van der Waals surface area contributed by atoms with Gasteiger partial charge in [-0.3, -0.25) is 14.8 Å². The van der Waals surface area contributed by atoms with Crippen molar-refractivity contribution < 1.29 is 9.53 Å². The molecule has 5 atom stereocenters. The van der Waals surface area contributed by atoms with E-state index in [0.29, 0.717) is 13.0 Å². The molecule has 0 fully saturated rings. The van der Waals surface area contributed by atoms with Crippen LogP contribution in [0.5, 0.6) is 0 Å². The number of rotatable bonds is 6. The Hall–Kier alpha value is -2.61. The average molecular weight is 698 g/mol. The van der Waals surface area contributed by atoms with Gasteiger partial charge in [-0.05, 0) is 58.4 Å². The summed E-state index contributed by atoms with van der Waals surface area (Å²) in [5.41, 5.74) is 13.9. The molecular weight excluding hydrogens is 651 g/mol. The Bertz CT molecular complexity index is 1770. The van der Waals surface area contributed by atoms with Crippen molar-refractivity contribution in [2.75, 3.05) is 6.61 Å². The van der Waals surface area contributed by atoms with Crippen LogP contribution in [0, 0.1) is 19.8 Å². The minimum absolute atomic E-state index is 0. The predicted octanol–water partition coefficient (Wildman–Crippen LogP) is 7.42. The SMILES string of the molecule is CCOC(=O)C1Cc2c3nc(cc4[n-]c(cc5[n-]c(cc6nc2C1(CC)C6C)c(CC)c5C)c(CC)c4C)C(CC)C3C.[Sn+2]. The van der Waals surface area contributed by atoms with Gasteiger partial charge in [0.25, 0.3) is 0 Å². The molecule has 2 radical (unpaired) electrons. The van der Waals surface area contributed by atoms with Gasteiger partial charge < -0.3 is 14.7 Å². The van der Waals surface area contributed by atoms with Crippen LogP contribution in [0.25, 0.3) is 22.1 Å². The van der Waals surface area contributed by atoms with Crippen molar-refractivity contribution in [1.29, 1.82) is 0 Å². The molecule has 1 aliphatic carbocycles. The second-order valence-corrected chi connectivity index (χ2v) is 12.8. The van der Waals surface area contributed by atoms with Crippen LogP contribution in [0.1, 0.15) is 130 Å². The van der Waals surface area contributed by atoms with Crippen LogP contribution >= 0.6 is 0 Å². The standard InChI is InChI=1S/C37H46N4O2.Sn/c1-10-23-19(6)29-17-33-25(12-3)21(8)34(40-33)26-15-27(36(42)43-14-5)37(13-4)22(9)30(41-35(26)37)18-32-24(11-2)20(7)28(39-32)16-31(23)38-29;/h16-18,21-22,25,27H,10-15H2,1-9H3;/q-2;+2. The fourth-order valence-electron chi connectivity index (χ4n) is 8.63. The third kappa shape index (κ3) is 4.68. The van der Waals surface area contributed by atoms with Crippen molar-refractivity contribution in [3.8, 4) is 0 Å². The van der Waals surface area contributed by atoms with Crippen molar-refractivity contribution in [2.24, 2.45) is 5.92 Å². The van der Waals surface area contributed by atoms with E-state index in [9.17, 15) is 4.79 Å². The third-order valence-electron chi connectivity index (χ3n) is 11.1. The van der Waals surface area contributed by atoms with E-state index in [2.05, 4.69) is 73.6 Å². The Morgan fingerprint density at radius 2 is 1.48 bits per heavy atom. The first kappa shape index (κ1) is 32.8. The predicted molar refractivity (Wildman–Crippen MR) is 179 cm³/mol. The Morgan fingerprint density at radius 1 is 0.886 bits per heavy atom. The summed E-state index contributed by atoms with van der Waals surface area (Å²) in [6.45, 7) is 20.0. The zero-order chi connectivity index (χ0) is 30.8. The smallest absolute Gasteiger partial charge is 0.657 e. The molecule has 8 bridgehead atoms. The molecule has 6 rings (SSSR count). The van der Waals surface area contributed by atoms with Crippen LogP contribution < -0.4 is 9.97 Å². The fraction of sp³-hybridized carbons (Fsp3) is 0.541. The third-order valence-corrected chi connectivity index (χ3v) is 11.1. The van der Waals surface area contributed by atoms with E-state index in [0.717, 1.165) is 76.1 Å². The summed E-state index contributed by atoms with van der Waals surface area (Å²) in [6, 6.07) is 6.59. The molecule has 230 valence electrons. The summed E-state index contributed by atoms with van der Waals surface area (Å²) in [5, 5.41) is 0. The molecule has 6 nitrogen and oxygen atoms in total. The van der Waals surface area contributed by atoms with E-state index in [1.54, 1.807) is 0 Å². The normalized spacial score (nSPS) is 23.9. The Morgan fingerprint density at radius 3 is 2.05 bits per heavy atom. The van der Waals surface area contributed by atoms with Crippen LogP contribution in [0.2, 0.25) is 0 Å². The van der Waals surface area contributed by atoms with E-state index < -0.39 is 5.41 Å². The number of esters is 1. The van der Waals surface area contributed by atoms with Crippen molar-refractivity contribution in [3.63, 3.8) is 0 Å². The first-order valence-electron chi connectivity index (χ1n) is 16.5. The summed E-state index contributed by atoms with van der Waals surface area (Å²) in [5.74, 6) is 0.155. The van der Waals surface area contributed by atoms with Gasteiger partial charge in [0.2, 0.25) is 0 Å². The zero-order valence-electron chi connectivity index (χ0n) is 27.9. The molecule has 3 aromatic rings. The molecule has 44 heavy (non-hydrogen) atoms. The molecule has 0 saturated heterocycles.